The highest BCUT2D eigenvalue weighted by Crippen LogP contribution is 2.22. The van der Waals surface area contributed by atoms with Gasteiger partial charge in [0.1, 0.15) is 5.75 Å². The maximum Gasteiger partial charge on any atom is 0.285 e. The van der Waals surface area contributed by atoms with Crippen LogP contribution in [0.2, 0.25) is 0 Å². The van der Waals surface area contributed by atoms with Crippen molar-refractivity contribution < 1.29 is 9.53 Å². The maximum absolute atomic E-state index is 13.2. The molecule has 0 aliphatic heterocycles. The van der Waals surface area contributed by atoms with Gasteiger partial charge in [0, 0.05) is 9.75 Å². The Hall–Kier alpha value is -3.17. The molecule has 3 aromatic heterocycles. The second-order valence-corrected chi connectivity index (χ2v) is 8.11. The molecular formula is C20H19N5O2S2. The van der Waals surface area contributed by atoms with E-state index in [2.05, 4.69) is 20.7 Å². The maximum atomic E-state index is 13.2. The summed E-state index contributed by atoms with van der Waals surface area (Å²) in [7, 11) is 1.54. The van der Waals surface area contributed by atoms with E-state index in [-0.39, 0.29) is 5.91 Å². The molecule has 0 unspecified atom stereocenters. The van der Waals surface area contributed by atoms with E-state index >= 15 is 0 Å². The first-order valence-corrected chi connectivity index (χ1v) is 10.7. The zero-order chi connectivity index (χ0) is 20.1. The summed E-state index contributed by atoms with van der Waals surface area (Å²) in [6.45, 7) is 1.15. The number of rotatable bonds is 8. The lowest BCUT2D eigenvalue weighted by molar-refractivity contribution is 0.0944. The monoisotopic (exact) mass is 425 g/mol. The summed E-state index contributed by atoms with van der Waals surface area (Å²) in [5, 5.41) is 14.8. The fourth-order valence-corrected chi connectivity index (χ4v) is 4.03. The van der Waals surface area contributed by atoms with E-state index in [0.717, 1.165) is 9.75 Å². The van der Waals surface area contributed by atoms with Crippen LogP contribution in [0, 0.1) is 0 Å². The van der Waals surface area contributed by atoms with Gasteiger partial charge in [0.15, 0.2) is 0 Å². The van der Waals surface area contributed by atoms with Gasteiger partial charge < -0.3 is 15.4 Å². The SMILES string of the molecule is COc1ccccc1C(=O)n1nc(NCc2cccs2)nc1NCc1cccs1. The fourth-order valence-electron chi connectivity index (χ4n) is 2.74. The predicted octanol–water partition coefficient (Wildman–Crippen LogP) is 4.32. The van der Waals surface area contributed by atoms with Crippen LogP contribution in [0.1, 0.15) is 20.1 Å². The molecule has 0 radical (unpaired) electrons. The van der Waals surface area contributed by atoms with Crippen LogP contribution in [-0.2, 0) is 13.1 Å². The van der Waals surface area contributed by atoms with Crippen molar-refractivity contribution in [3.05, 3.63) is 74.6 Å². The second kappa shape index (κ2) is 8.89. The molecule has 0 aliphatic carbocycles. The quantitative estimate of drug-likeness (QED) is 0.438. The molecule has 0 amide bonds. The molecule has 9 heteroatoms. The van der Waals surface area contributed by atoms with E-state index in [9.17, 15) is 4.79 Å². The summed E-state index contributed by atoms with van der Waals surface area (Å²) in [6, 6.07) is 15.1. The van der Waals surface area contributed by atoms with Gasteiger partial charge in [-0.15, -0.1) is 27.8 Å². The van der Waals surface area contributed by atoms with Crippen molar-refractivity contribution in [3.63, 3.8) is 0 Å². The van der Waals surface area contributed by atoms with Crippen LogP contribution in [0.15, 0.2) is 59.3 Å². The number of thiophene rings is 2. The Morgan fingerprint density at radius 1 is 1.00 bits per heavy atom. The molecule has 0 atom stereocenters. The van der Waals surface area contributed by atoms with E-state index in [1.807, 2.05) is 41.1 Å². The number of hydrogen-bond donors (Lipinski definition) is 2. The second-order valence-electron chi connectivity index (χ2n) is 6.04. The predicted molar refractivity (Wildman–Crippen MR) is 116 cm³/mol. The Morgan fingerprint density at radius 3 is 2.34 bits per heavy atom. The van der Waals surface area contributed by atoms with Crippen LogP contribution in [0.4, 0.5) is 11.9 Å². The Bertz CT molecular complexity index is 1070. The van der Waals surface area contributed by atoms with Crippen molar-refractivity contribution >= 4 is 40.5 Å². The molecule has 0 fully saturated rings. The molecule has 0 saturated carbocycles. The van der Waals surface area contributed by atoms with E-state index in [1.165, 1.54) is 11.8 Å². The van der Waals surface area contributed by atoms with Crippen LogP contribution in [-0.4, -0.2) is 27.8 Å². The van der Waals surface area contributed by atoms with Crippen LogP contribution in [0.25, 0.3) is 0 Å². The number of carbonyl (C=O) groups excluding carboxylic acids is 1. The lowest BCUT2D eigenvalue weighted by atomic mass is 10.2. The number of aromatic nitrogens is 3. The zero-order valence-corrected chi connectivity index (χ0v) is 17.3. The lowest BCUT2D eigenvalue weighted by Gasteiger charge is -2.09. The third kappa shape index (κ3) is 4.47. The van der Waals surface area contributed by atoms with Gasteiger partial charge in [0.25, 0.3) is 5.91 Å². The molecule has 0 bridgehead atoms. The van der Waals surface area contributed by atoms with Crippen LogP contribution < -0.4 is 15.4 Å². The van der Waals surface area contributed by atoms with Gasteiger partial charge in [-0.05, 0) is 35.0 Å². The Labute approximate surface area is 176 Å². The van der Waals surface area contributed by atoms with Gasteiger partial charge in [-0.25, -0.2) is 0 Å². The number of methoxy groups -OCH3 is 1. The van der Waals surface area contributed by atoms with Gasteiger partial charge >= 0.3 is 0 Å². The Balaban J connectivity index is 1.61. The summed E-state index contributed by atoms with van der Waals surface area (Å²) in [5.74, 6) is 0.941. The highest BCUT2D eigenvalue weighted by Gasteiger charge is 2.20. The number of benzene rings is 1. The van der Waals surface area contributed by atoms with Gasteiger partial charge in [-0.1, -0.05) is 24.3 Å². The summed E-state index contributed by atoms with van der Waals surface area (Å²) < 4.78 is 6.61. The molecule has 1 aromatic carbocycles. The molecule has 0 spiro atoms. The van der Waals surface area contributed by atoms with Crippen molar-refractivity contribution in [1.82, 2.24) is 14.8 Å². The first-order chi connectivity index (χ1) is 14.2. The summed E-state index contributed by atoms with van der Waals surface area (Å²) in [5.41, 5.74) is 0.420. The van der Waals surface area contributed by atoms with Crippen LogP contribution in [0.5, 0.6) is 5.75 Å². The lowest BCUT2D eigenvalue weighted by Crippen LogP contribution is -2.18. The van der Waals surface area contributed by atoms with Gasteiger partial charge in [-0.2, -0.15) is 9.67 Å². The molecule has 2 N–H and O–H groups in total. The van der Waals surface area contributed by atoms with Crippen LogP contribution >= 0.6 is 22.7 Å². The van der Waals surface area contributed by atoms with Gasteiger partial charge in [0.2, 0.25) is 11.9 Å². The molecule has 148 valence electrons. The van der Waals surface area contributed by atoms with E-state index in [4.69, 9.17) is 4.74 Å². The molecule has 0 aliphatic rings. The number of nitrogens with zero attached hydrogens (tertiary/aromatic N) is 3. The topological polar surface area (TPSA) is 81.1 Å². The fraction of sp³-hybridized carbons (Fsp3) is 0.150. The zero-order valence-electron chi connectivity index (χ0n) is 15.7. The first kappa shape index (κ1) is 19.2. The van der Waals surface area contributed by atoms with Crippen LogP contribution in [0.3, 0.4) is 0 Å². The standard InChI is InChI=1S/C20H19N5O2S2/c1-27-17-9-3-2-8-16(17)18(26)25-20(22-13-15-7-5-11-29-15)23-19(24-25)21-12-14-6-4-10-28-14/h2-11H,12-13H2,1H3,(H2,21,22,23,24). The minimum absolute atomic E-state index is 0.312. The number of anilines is 2. The van der Waals surface area contributed by atoms with E-state index in [1.54, 1.807) is 40.9 Å². The highest BCUT2D eigenvalue weighted by molar-refractivity contribution is 7.10. The summed E-state index contributed by atoms with van der Waals surface area (Å²) >= 11 is 3.28. The average Bonchev–Trinajstić information content (AvgIpc) is 3.52. The molecule has 0 saturated heterocycles. The van der Waals surface area contributed by atoms with Crippen molar-refractivity contribution in [2.75, 3.05) is 17.7 Å². The van der Waals surface area contributed by atoms with Crippen molar-refractivity contribution in [2.45, 2.75) is 13.1 Å². The number of hydrogen-bond acceptors (Lipinski definition) is 8. The number of nitrogens with one attached hydrogen (secondary N) is 2. The largest absolute Gasteiger partial charge is 0.496 e. The van der Waals surface area contributed by atoms with Crippen molar-refractivity contribution in [2.24, 2.45) is 0 Å². The normalized spacial score (nSPS) is 10.7. The molecule has 3 heterocycles. The molecule has 4 rings (SSSR count). The smallest absolute Gasteiger partial charge is 0.285 e. The highest BCUT2D eigenvalue weighted by atomic mass is 32.1. The third-order valence-electron chi connectivity index (χ3n) is 4.14. The Kier molecular flexibility index (Phi) is 5.87. The van der Waals surface area contributed by atoms with E-state index in [0.29, 0.717) is 36.3 Å². The van der Waals surface area contributed by atoms with Gasteiger partial charge in [-0.3, -0.25) is 4.79 Å². The average molecular weight is 426 g/mol. The molecular weight excluding hydrogens is 406 g/mol. The Morgan fingerprint density at radius 2 is 1.69 bits per heavy atom. The van der Waals surface area contributed by atoms with Gasteiger partial charge in [0.05, 0.1) is 25.8 Å². The molecule has 4 aromatic rings. The minimum Gasteiger partial charge on any atom is -0.496 e. The molecule has 7 nitrogen and oxygen atoms in total. The van der Waals surface area contributed by atoms with E-state index < -0.39 is 0 Å². The van der Waals surface area contributed by atoms with Crippen molar-refractivity contribution in [3.8, 4) is 5.75 Å². The minimum atomic E-state index is -0.312. The van der Waals surface area contributed by atoms with Crippen molar-refractivity contribution in [1.29, 1.82) is 0 Å². The number of carbonyl (C=O) groups is 1. The molecule has 29 heavy (non-hydrogen) atoms. The first-order valence-electron chi connectivity index (χ1n) is 8.92. The summed E-state index contributed by atoms with van der Waals surface area (Å²) in [4.78, 5) is 20.0. The third-order valence-corrected chi connectivity index (χ3v) is 5.89. The number of ether oxygens (including phenoxy) is 1. The number of para-hydroxylation sites is 1. The summed E-state index contributed by atoms with van der Waals surface area (Å²) in [6.07, 6.45) is 0.